The van der Waals surface area contributed by atoms with Crippen LogP contribution in [0, 0.1) is 5.92 Å². The van der Waals surface area contributed by atoms with Gasteiger partial charge < -0.3 is 5.32 Å². The second kappa shape index (κ2) is 2.95. The van der Waals surface area contributed by atoms with E-state index in [4.69, 9.17) is 0 Å². The van der Waals surface area contributed by atoms with Crippen molar-refractivity contribution in [2.45, 2.75) is 32.0 Å². The minimum Gasteiger partial charge on any atom is -0.344 e. The molecule has 1 saturated carbocycles. The van der Waals surface area contributed by atoms with Crippen LogP contribution in [0.3, 0.4) is 0 Å². The van der Waals surface area contributed by atoms with Crippen LogP contribution >= 0.6 is 0 Å². The maximum absolute atomic E-state index is 11.9. The van der Waals surface area contributed by atoms with Crippen LogP contribution in [0.15, 0.2) is 0 Å². The maximum atomic E-state index is 11.9. The molecule has 2 nitrogen and oxygen atoms in total. The summed E-state index contributed by atoms with van der Waals surface area (Å²) in [4.78, 5) is 10.9. The fourth-order valence-electron chi connectivity index (χ4n) is 0.759. The van der Waals surface area contributed by atoms with Gasteiger partial charge in [0.1, 0.15) is 6.04 Å². The number of hydrogen-bond donors (Lipinski definition) is 1. The molecule has 0 aromatic carbocycles. The Bertz CT molecular complexity index is 186. The molecule has 5 heteroatoms. The maximum Gasteiger partial charge on any atom is 0.408 e. The molecule has 0 heterocycles. The number of amides is 1. The molecule has 1 aliphatic rings. The van der Waals surface area contributed by atoms with Crippen LogP contribution in [0.5, 0.6) is 0 Å². The molecule has 1 aliphatic carbocycles. The van der Waals surface area contributed by atoms with Crippen molar-refractivity contribution in [3.8, 4) is 0 Å². The van der Waals surface area contributed by atoms with E-state index in [-0.39, 0.29) is 5.92 Å². The number of nitrogens with one attached hydrogen (secondary N) is 1. The first-order valence-electron chi connectivity index (χ1n) is 3.78. The van der Waals surface area contributed by atoms with Gasteiger partial charge in [0.2, 0.25) is 5.91 Å². The summed E-state index contributed by atoms with van der Waals surface area (Å²) in [6.07, 6.45) is -2.89. The first kappa shape index (κ1) is 9.35. The van der Waals surface area contributed by atoms with Gasteiger partial charge in [0.25, 0.3) is 0 Å². The summed E-state index contributed by atoms with van der Waals surface area (Å²) in [6.45, 7) is 0.945. The molecular formula is C7H10F3NO. The lowest BCUT2D eigenvalue weighted by molar-refractivity contribution is -0.158. The molecule has 70 valence electrons. The Morgan fingerprint density at radius 2 is 2.00 bits per heavy atom. The number of halogens is 3. The first-order chi connectivity index (χ1) is 5.41. The zero-order valence-corrected chi connectivity index (χ0v) is 6.61. The standard InChI is InChI=1S/C7H10F3NO/c1-4(7(8,9)10)11-6(12)5-2-3-5/h4-5H,2-3H2,1H3,(H,11,12). The molecule has 1 N–H and O–H groups in total. The zero-order valence-electron chi connectivity index (χ0n) is 6.61. The second-order valence-electron chi connectivity index (χ2n) is 3.05. The second-order valence-corrected chi connectivity index (χ2v) is 3.05. The third-order valence-electron chi connectivity index (χ3n) is 1.80. The largest absolute Gasteiger partial charge is 0.408 e. The Labute approximate surface area is 68.1 Å². The van der Waals surface area contributed by atoms with Crippen molar-refractivity contribution in [1.29, 1.82) is 0 Å². The molecule has 0 aliphatic heterocycles. The van der Waals surface area contributed by atoms with Gasteiger partial charge in [0.05, 0.1) is 0 Å². The van der Waals surface area contributed by atoms with Crippen LogP contribution in [0.2, 0.25) is 0 Å². The number of rotatable bonds is 2. The van der Waals surface area contributed by atoms with Gasteiger partial charge in [-0.15, -0.1) is 0 Å². The first-order valence-corrected chi connectivity index (χ1v) is 3.78. The molecule has 0 radical (unpaired) electrons. The van der Waals surface area contributed by atoms with Crippen LogP contribution < -0.4 is 5.32 Å². The molecule has 0 spiro atoms. The molecule has 12 heavy (non-hydrogen) atoms. The van der Waals surface area contributed by atoms with Crippen molar-refractivity contribution in [2.24, 2.45) is 5.92 Å². The average Bonchev–Trinajstić information content (AvgIpc) is 2.65. The van der Waals surface area contributed by atoms with Gasteiger partial charge in [0.15, 0.2) is 0 Å². The Balaban J connectivity index is 2.34. The zero-order chi connectivity index (χ0) is 9.35. The topological polar surface area (TPSA) is 29.1 Å². The molecule has 1 amide bonds. The number of carbonyl (C=O) groups excluding carboxylic acids is 1. The highest BCUT2D eigenvalue weighted by molar-refractivity contribution is 5.81. The minimum atomic E-state index is -4.33. The third-order valence-corrected chi connectivity index (χ3v) is 1.80. The van der Waals surface area contributed by atoms with E-state index in [1.165, 1.54) is 0 Å². The fraction of sp³-hybridized carbons (Fsp3) is 0.857. The average molecular weight is 181 g/mol. The predicted molar refractivity (Wildman–Crippen MR) is 36.4 cm³/mol. The van der Waals surface area contributed by atoms with Crippen molar-refractivity contribution in [2.75, 3.05) is 0 Å². The lowest BCUT2D eigenvalue weighted by Crippen LogP contribution is -2.43. The van der Waals surface area contributed by atoms with Crippen LogP contribution in [-0.2, 0) is 4.79 Å². The van der Waals surface area contributed by atoms with Crippen molar-refractivity contribution in [1.82, 2.24) is 5.32 Å². The van der Waals surface area contributed by atoms with Crippen molar-refractivity contribution < 1.29 is 18.0 Å². The molecule has 1 unspecified atom stereocenters. The van der Waals surface area contributed by atoms with Crippen LogP contribution in [0.4, 0.5) is 13.2 Å². The van der Waals surface area contributed by atoms with E-state index in [0.717, 1.165) is 19.8 Å². The third kappa shape index (κ3) is 2.39. The van der Waals surface area contributed by atoms with Crippen LogP contribution in [0.25, 0.3) is 0 Å². The number of carbonyl (C=O) groups is 1. The summed E-state index contributed by atoms with van der Waals surface area (Å²) < 4.78 is 35.6. The van der Waals surface area contributed by atoms with Gasteiger partial charge in [-0.25, -0.2) is 0 Å². The van der Waals surface area contributed by atoms with Crippen molar-refractivity contribution in [3.63, 3.8) is 0 Å². The lowest BCUT2D eigenvalue weighted by Gasteiger charge is -2.16. The van der Waals surface area contributed by atoms with E-state index in [0.29, 0.717) is 0 Å². The van der Waals surface area contributed by atoms with Gasteiger partial charge in [0, 0.05) is 5.92 Å². The van der Waals surface area contributed by atoms with Gasteiger partial charge in [-0.3, -0.25) is 4.79 Å². The quantitative estimate of drug-likeness (QED) is 0.686. The number of alkyl halides is 3. The predicted octanol–water partition coefficient (Wildman–Crippen LogP) is 1.46. The van der Waals surface area contributed by atoms with Crippen LogP contribution in [-0.4, -0.2) is 18.1 Å². The Morgan fingerprint density at radius 1 is 1.50 bits per heavy atom. The highest BCUT2D eigenvalue weighted by Crippen LogP contribution is 2.29. The summed E-state index contributed by atoms with van der Waals surface area (Å²) in [7, 11) is 0. The Morgan fingerprint density at radius 3 is 2.33 bits per heavy atom. The molecule has 0 aromatic heterocycles. The fourth-order valence-corrected chi connectivity index (χ4v) is 0.759. The van der Waals surface area contributed by atoms with Gasteiger partial charge in [-0.2, -0.15) is 13.2 Å². The summed E-state index contributed by atoms with van der Waals surface area (Å²) in [5.41, 5.74) is 0. The van der Waals surface area contributed by atoms with Gasteiger partial charge in [-0.05, 0) is 19.8 Å². The number of hydrogen-bond acceptors (Lipinski definition) is 1. The van der Waals surface area contributed by atoms with E-state index < -0.39 is 18.1 Å². The van der Waals surface area contributed by atoms with Crippen molar-refractivity contribution >= 4 is 5.91 Å². The molecule has 1 rings (SSSR count). The molecular weight excluding hydrogens is 171 g/mol. The summed E-state index contributed by atoms with van der Waals surface area (Å²) in [5, 5.41) is 1.92. The summed E-state index contributed by atoms with van der Waals surface area (Å²) in [6, 6.07) is -1.73. The Kier molecular flexibility index (Phi) is 2.30. The van der Waals surface area contributed by atoms with E-state index in [1.54, 1.807) is 0 Å². The highest BCUT2D eigenvalue weighted by atomic mass is 19.4. The van der Waals surface area contributed by atoms with Crippen LogP contribution in [0.1, 0.15) is 19.8 Å². The van der Waals surface area contributed by atoms with Crippen molar-refractivity contribution in [3.05, 3.63) is 0 Å². The monoisotopic (exact) mass is 181 g/mol. The van der Waals surface area contributed by atoms with E-state index >= 15 is 0 Å². The molecule has 0 saturated heterocycles. The highest BCUT2D eigenvalue weighted by Gasteiger charge is 2.39. The molecule has 0 aromatic rings. The van der Waals surface area contributed by atoms with E-state index in [1.807, 2.05) is 5.32 Å². The van der Waals surface area contributed by atoms with E-state index in [9.17, 15) is 18.0 Å². The smallest absolute Gasteiger partial charge is 0.344 e. The van der Waals surface area contributed by atoms with E-state index in [2.05, 4.69) is 0 Å². The normalized spacial score (nSPS) is 20.3. The minimum absolute atomic E-state index is 0.171. The lowest BCUT2D eigenvalue weighted by atomic mass is 10.3. The van der Waals surface area contributed by atoms with Gasteiger partial charge in [-0.1, -0.05) is 0 Å². The Hall–Kier alpha value is -0.740. The van der Waals surface area contributed by atoms with Gasteiger partial charge >= 0.3 is 6.18 Å². The summed E-state index contributed by atoms with van der Waals surface area (Å²) in [5.74, 6) is -0.644. The molecule has 0 bridgehead atoms. The SMILES string of the molecule is CC(NC(=O)C1CC1)C(F)(F)F. The molecule has 1 atom stereocenters. The summed E-state index contributed by atoms with van der Waals surface area (Å²) >= 11 is 0. The molecule has 1 fully saturated rings.